The predicted molar refractivity (Wildman–Crippen MR) is 84.3 cm³/mol. The Labute approximate surface area is 127 Å². The maximum atomic E-state index is 12.1. The minimum Gasteiger partial charge on any atom is -0.505 e. The first-order valence-corrected chi connectivity index (χ1v) is 6.85. The standard InChI is InChI=1S/C16H16N4O2/c1-19-7-8-20(10-19)9-15(21)18-14-6-5-11-12(16(14)22)3-2-4-13(11)17/h2-8,10H,9,17H2,1H3,(H-,18,21,22)/p+1. The van der Waals surface area contributed by atoms with Crippen molar-refractivity contribution >= 4 is 28.1 Å². The van der Waals surface area contributed by atoms with Crippen LogP contribution in [-0.4, -0.2) is 15.6 Å². The van der Waals surface area contributed by atoms with Crippen molar-refractivity contribution in [2.24, 2.45) is 7.05 Å². The van der Waals surface area contributed by atoms with Crippen molar-refractivity contribution in [3.8, 4) is 5.75 Å². The lowest BCUT2D eigenvalue weighted by Gasteiger charge is -2.10. The molecule has 0 spiro atoms. The molecule has 1 amide bonds. The van der Waals surface area contributed by atoms with Crippen molar-refractivity contribution in [2.75, 3.05) is 11.1 Å². The molecule has 22 heavy (non-hydrogen) atoms. The van der Waals surface area contributed by atoms with Gasteiger partial charge in [0, 0.05) is 16.5 Å². The van der Waals surface area contributed by atoms with Crippen LogP contribution in [0.15, 0.2) is 49.1 Å². The number of nitrogens with one attached hydrogen (secondary N) is 1. The lowest BCUT2D eigenvalue weighted by Crippen LogP contribution is -2.25. The molecule has 4 N–H and O–H groups in total. The van der Waals surface area contributed by atoms with E-state index in [1.54, 1.807) is 47.4 Å². The van der Waals surface area contributed by atoms with Crippen molar-refractivity contribution in [1.29, 1.82) is 0 Å². The van der Waals surface area contributed by atoms with Gasteiger partial charge in [0.1, 0.15) is 18.1 Å². The van der Waals surface area contributed by atoms with Gasteiger partial charge in [-0.25, -0.2) is 9.13 Å². The molecule has 0 saturated heterocycles. The number of hydrogen-bond donors (Lipinski definition) is 3. The fourth-order valence-corrected chi connectivity index (χ4v) is 2.42. The second-order valence-corrected chi connectivity index (χ2v) is 5.20. The average molecular weight is 297 g/mol. The molecule has 0 aliphatic carbocycles. The fraction of sp³-hybridized carbons (Fsp3) is 0.125. The fourth-order valence-electron chi connectivity index (χ4n) is 2.42. The first-order chi connectivity index (χ1) is 10.5. The smallest absolute Gasteiger partial charge is 0.266 e. The quantitative estimate of drug-likeness (QED) is 0.388. The number of nitrogens with two attached hydrogens (primary N) is 1. The zero-order valence-corrected chi connectivity index (χ0v) is 12.2. The topological polar surface area (TPSA) is 84.2 Å². The van der Waals surface area contributed by atoms with Crippen molar-refractivity contribution in [1.82, 2.24) is 4.57 Å². The first-order valence-electron chi connectivity index (χ1n) is 6.85. The Morgan fingerprint density at radius 3 is 2.86 bits per heavy atom. The van der Waals surface area contributed by atoms with Crippen LogP contribution in [0.4, 0.5) is 11.4 Å². The molecule has 1 heterocycles. The lowest BCUT2D eigenvalue weighted by atomic mass is 10.1. The summed E-state index contributed by atoms with van der Waals surface area (Å²) < 4.78 is 3.61. The van der Waals surface area contributed by atoms with E-state index >= 15 is 0 Å². The molecule has 3 aromatic rings. The molecular weight excluding hydrogens is 280 g/mol. The monoisotopic (exact) mass is 297 g/mol. The highest BCUT2D eigenvalue weighted by atomic mass is 16.3. The Bertz CT molecular complexity index is 854. The van der Waals surface area contributed by atoms with Gasteiger partial charge in [0.05, 0.1) is 12.7 Å². The van der Waals surface area contributed by atoms with Crippen LogP contribution in [0.25, 0.3) is 10.8 Å². The number of amides is 1. The van der Waals surface area contributed by atoms with Crippen LogP contribution in [0.3, 0.4) is 0 Å². The molecule has 6 heteroatoms. The third-order valence-electron chi connectivity index (χ3n) is 3.49. The van der Waals surface area contributed by atoms with Crippen LogP contribution < -0.4 is 15.6 Å². The van der Waals surface area contributed by atoms with Crippen LogP contribution >= 0.6 is 0 Å². The molecule has 2 aromatic carbocycles. The van der Waals surface area contributed by atoms with Crippen molar-refractivity contribution in [3.05, 3.63) is 49.1 Å². The van der Waals surface area contributed by atoms with Gasteiger partial charge in [0.2, 0.25) is 6.33 Å². The molecule has 6 nitrogen and oxygen atoms in total. The number of fused-ring (bicyclic) bond motifs is 1. The summed E-state index contributed by atoms with van der Waals surface area (Å²) in [6.45, 7) is 0.176. The normalized spacial score (nSPS) is 10.8. The minimum absolute atomic E-state index is 0.0243. The number of carbonyl (C=O) groups excluding carboxylic acids is 1. The Morgan fingerprint density at radius 2 is 2.14 bits per heavy atom. The van der Waals surface area contributed by atoms with Crippen LogP contribution in [0.5, 0.6) is 5.75 Å². The molecule has 1 aromatic heterocycles. The number of nitrogen functional groups attached to an aromatic ring is 1. The van der Waals surface area contributed by atoms with Gasteiger partial charge in [0.15, 0.2) is 6.54 Å². The molecule has 0 atom stereocenters. The number of anilines is 2. The summed E-state index contributed by atoms with van der Waals surface area (Å²) >= 11 is 0. The van der Waals surface area contributed by atoms with E-state index in [1.165, 1.54) is 0 Å². The molecule has 0 bridgehead atoms. The van der Waals surface area contributed by atoms with E-state index in [4.69, 9.17) is 5.73 Å². The number of rotatable bonds is 3. The largest absolute Gasteiger partial charge is 0.505 e. The number of aryl methyl sites for hydroxylation is 1. The number of hydrogen-bond acceptors (Lipinski definition) is 3. The first kappa shape index (κ1) is 13.9. The molecule has 112 valence electrons. The lowest BCUT2D eigenvalue weighted by molar-refractivity contribution is -0.671. The van der Waals surface area contributed by atoms with Crippen LogP contribution in [0.2, 0.25) is 0 Å². The molecule has 0 aliphatic heterocycles. The zero-order chi connectivity index (χ0) is 15.7. The third kappa shape index (κ3) is 2.58. The second-order valence-electron chi connectivity index (χ2n) is 5.20. The third-order valence-corrected chi connectivity index (χ3v) is 3.49. The molecular formula is C16H17N4O2+. The number of phenolic OH excluding ortho intramolecular Hbond substituents is 1. The number of carbonyl (C=O) groups is 1. The molecule has 3 rings (SSSR count). The van der Waals surface area contributed by atoms with Gasteiger partial charge in [-0.15, -0.1) is 0 Å². The van der Waals surface area contributed by atoms with Gasteiger partial charge in [0.25, 0.3) is 5.91 Å². The van der Waals surface area contributed by atoms with Crippen molar-refractivity contribution in [3.63, 3.8) is 0 Å². The van der Waals surface area contributed by atoms with Gasteiger partial charge in [-0.3, -0.25) is 4.79 Å². The van der Waals surface area contributed by atoms with Gasteiger partial charge in [-0.1, -0.05) is 12.1 Å². The Morgan fingerprint density at radius 1 is 1.32 bits per heavy atom. The van der Waals surface area contributed by atoms with Gasteiger partial charge in [-0.05, 0) is 18.2 Å². The van der Waals surface area contributed by atoms with E-state index < -0.39 is 0 Å². The van der Waals surface area contributed by atoms with Crippen molar-refractivity contribution < 1.29 is 14.5 Å². The van der Waals surface area contributed by atoms with Gasteiger partial charge >= 0.3 is 0 Å². The number of imidazole rings is 1. The summed E-state index contributed by atoms with van der Waals surface area (Å²) in [5, 5.41) is 14.4. The Hall–Kier alpha value is -3.02. The van der Waals surface area contributed by atoms with E-state index in [9.17, 15) is 9.90 Å². The summed E-state index contributed by atoms with van der Waals surface area (Å²) in [6, 6.07) is 8.74. The molecule has 0 aliphatic rings. The molecule has 0 saturated carbocycles. The Balaban J connectivity index is 1.84. The van der Waals surface area contributed by atoms with Gasteiger partial charge in [-0.2, -0.15) is 0 Å². The number of nitrogens with zero attached hydrogens (tertiary/aromatic N) is 2. The Kier molecular flexibility index (Phi) is 3.42. The summed E-state index contributed by atoms with van der Waals surface area (Å²) in [5.74, 6) is -0.189. The second kappa shape index (κ2) is 5.40. The van der Waals surface area contributed by atoms with E-state index in [0.29, 0.717) is 16.8 Å². The molecule has 0 radical (unpaired) electrons. The number of aromatic nitrogens is 2. The number of phenols is 1. The number of aromatic hydroxyl groups is 1. The zero-order valence-electron chi connectivity index (χ0n) is 12.2. The van der Waals surface area contributed by atoms with E-state index in [0.717, 1.165) is 5.39 Å². The highest BCUT2D eigenvalue weighted by molar-refractivity contribution is 6.03. The summed E-state index contributed by atoms with van der Waals surface area (Å²) in [5.41, 5.74) is 6.84. The number of benzene rings is 2. The van der Waals surface area contributed by atoms with E-state index in [-0.39, 0.29) is 18.2 Å². The van der Waals surface area contributed by atoms with E-state index in [1.807, 2.05) is 17.8 Å². The maximum absolute atomic E-state index is 12.1. The molecule has 0 unspecified atom stereocenters. The minimum atomic E-state index is -0.213. The predicted octanol–water partition coefficient (Wildman–Crippen LogP) is 1.39. The van der Waals surface area contributed by atoms with Crippen LogP contribution in [0.1, 0.15) is 0 Å². The maximum Gasteiger partial charge on any atom is 0.266 e. The molecule has 0 fully saturated rings. The summed E-state index contributed by atoms with van der Waals surface area (Å²) in [4.78, 5) is 12.1. The van der Waals surface area contributed by atoms with Crippen molar-refractivity contribution in [2.45, 2.75) is 6.54 Å². The summed E-state index contributed by atoms with van der Waals surface area (Å²) in [6.07, 6.45) is 5.46. The average Bonchev–Trinajstić information content (AvgIpc) is 2.88. The van der Waals surface area contributed by atoms with Crippen LogP contribution in [-0.2, 0) is 18.4 Å². The van der Waals surface area contributed by atoms with Crippen LogP contribution in [0, 0.1) is 0 Å². The highest BCUT2D eigenvalue weighted by Gasteiger charge is 2.13. The van der Waals surface area contributed by atoms with Gasteiger partial charge < -0.3 is 16.2 Å². The van der Waals surface area contributed by atoms with E-state index in [2.05, 4.69) is 5.32 Å². The SMILES string of the molecule is C[n+]1ccn(CC(=O)Nc2ccc3c(N)cccc3c2O)c1. The summed E-state index contributed by atoms with van der Waals surface area (Å²) in [7, 11) is 1.88. The highest BCUT2D eigenvalue weighted by Crippen LogP contribution is 2.34.